The summed E-state index contributed by atoms with van der Waals surface area (Å²) in [5.74, 6) is -0.252. The molecule has 0 atom stereocenters. The van der Waals surface area contributed by atoms with Crippen molar-refractivity contribution in [3.05, 3.63) is 71.5 Å². The molecule has 0 amide bonds. The van der Waals surface area contributed by atoms with Crippen molar-refractivity contribution >= 4 is 5.78 Å². The molecular formula is C19H21FN2O. The molecule has 1 heterocycles. The average molecular weight is 312 g/mol. The highest BCUT2D eigenvalue weighted by Gasteiger charge is 2.19. The van der Waals surface area contributed by atoms with Crippen molar-refractivity contribution in [2.45, 2.75) is 6.54 Å². The van der Waals surface area contributed by atoms with Gasteiger partial charge in [0.15, 0.2) is 5.78 Å². The maximum Gasteiger partial charge on any atom is 0.176 e. The summed E-state index contributed by atoms with van der Waals surface area (Å²) in [4.78, 5) is 16.8. The van der Waals surface area contributed by atoms with Gasteiger partial charge in [-0.25, -0.2) is 4.39 Å². The Hall–Kier alpha value is -2.04. The fourth-order valence-electron chi connectivity index (χ4n) is 2.88. The van der Waals surface area contributed by atoms with E-state index in [9.17, 15) is 9.18 Å². The number of benzene rings is 2. The van der Waals surface area contributed by atoms with Crippen LogP contribution in [0.4, 0.5) is 4.39 Å². The van der Waals surface area contributed by atoms with Crippen molar-refractivity contribution in [3.63, 3.8) is 0 Å². The van der Waals surface area contributed by atoms with Gasteiger partial charge in [0.2, 0.25) is 0 Å². The number of carbonyl (C=O) groups excluding carboxylic acids is 1. The third kappa shape index (κ3) is 4.47. The summed E-state index contributed by atoms with van der Waals surface area (Å²) in [6, 6.07) is 16.2. The van der Waals surface area contributed by atoms with Gasteiger partial charge in [-0.1, -0.05) is 30.3 Å². The van der Waals surface area contributed by atoms with Gasteiger partial charge in [-0.15, -0.1) is 0 Å². The van der Waals surface area contributed by atoms with E-state index in [4.69, 9.17) is 0 Å². The van der Waals surface area contributed by atoms with Gasteiger partial charge in [0.25, 0.3) is 0 Å². The van der Waals surface area contributed by atoms with Crippen LogP contribution in [-0.4, -0.2) is 48.3 Å². The van der Waals surface area contributed by atoms with Crippen LogP contribution < -0.4 is 0 Å². The Morgan fingerprint density at radius 3 is 2.13 bits per heavy atom. The van der Waals surface area contributed by atoms with Crippen LogP contribution in [0.2, 0.25) is 0 Å². The summed E-state index contributed by atoms with van der Waals surface area (Å²) in [7, 11) is 0. The molecule has 3 rings (SSSR count). The van der Waals surface area contributed by atoms with E-state index in [1.807, 2.05) is 6.07 Å². The fourth-order valence-corrected chi connectivity index (χ4v) is 2.88. The number of hydrogen-bond acceptors (Lipinski definition) is 3. The molecule has 0 aliphatic carbocycles. The van der Waals surface area contributed by atoms with Gasteiger partial charge in [-0.3, -0.25) is 14.6 Å². The van der Waals surface area contributed by atoms with Gasteiger partial charge in [0.1, 0.15) is 5.82 Å². The summed E-state index contributed by atoms with van der Waals surface area (Å²) >= 11 is 0. The number of carbonyl (C=O) groups is 1. The predicted molar refractivity (Wildman–Crippen MR) is 88.9 cm³/mol. The number of nitrogens with zero attached hydrogens (tertiary/aromatic N) is 2. The van der Waals surface area contributed by atoms with Crippen molar-refractivity contribution in [2.24, 2.45) is 0 Å². The maximum absolute atomic E-state index is 12.9. The third-order valence-corrected chi connectivity index (χ3v) is 4.25. The van der Waals surface area contributed by atoms with E-state index in [0.29, 0.717) is 12.1 Å². The lowest BCUT2D eigenvalue weighted by molar-refractivity contribution is 0.0844. The van der Waals surface area contributed by atoms with E-state index >= 15 is 0 Å². The molecule has 1 aliphatic rings. The second-order valence-corrected chi connectivity index (χ2v) is 5.97. The minimum absolute atomic E-state index is 0.0570. The molecule has 0 saturated carbocycles. The normalized spacial score (nSPS) is 16.4. The molecule has 0 radical (unpaired) electrons. The first kappa shape index (κ1) is 15.8. The topological polar surface area (TPSA) is 23.6 Å². The van der Waals surface area contributed by atoms with E-state index < -0.39 is 0 Å². The summed E-state index contributed by atoms with van der Waals surface area (Å²) in [6.45, 7) is 5.07. The summed E-state index contributed by atoms with van der Waals surface area (Å²) in [6.07, 6.45) is 0. The zero-order chi connectivity index (χ0) is 16.1. The molecule has 3 nitrogen and oxygen atoms in total. The van der Waals surface area contributed by atoms with Gasteiger partial charge in [-0.05, 0) is 29.8 Å². The van der Waals surface area contributed by atoms with Gasteiger partial charge in [0, 0.05) is 38.3 Å². The Bertz CT molecular complexity index is 634. The number of Topliss-reactive ketones (excluding diaryl/α,β-unsaturated/α-hetero) is 1. The van der Waals surface area contributed by atoms with Crippen LogP contribution in [-0.2, 0) is 6.54 Å². The molecule has 4 heteroatoms. The first-order chi connectivity index (χ1) is 11.2. The highest BCUT2D eigenvalue weighted by Crippen LogP contribution is 2.10. The Morgan fingerprint density at radius 1 is 0.870 bits per heavy atom. The quantitative estimate of drug-likeness (QED) is 0.793. The van der Waals surface area contributed by atoms with E-state index in [1.54, 1.807) is 12.1 Å². The largest absolute Gasteiger partial charge is 0.297 e. The lowest BCUT2D eigenvalue weighted by atomic mass is 10.1. The first-order valence-corrected chi connectivity index (χ1v) is 7.98. The number of hydrogen-bond donors (Lipinski definition) is 0. The smallest absolute Gasteiger partial charge is 0.176 e. The molecular weight excluding hydrogens is 291 g/mol. The van der Waals surface area contributed by atoms with Crippen molar-refractivity contribution in [2.75, 3.05) is 32.7 Å². The number of halogens is 1. The van der Waals surface area contributed by atoms with Crippen LogP contribution in [0.15, 0.2) is 54.6 Å². The second-order valence-electron chi connectivity index (χ2n) is 5.97. The zero-order valence-corrected chi connectivity index (χ0v) is 13.1. The lowest BCUT2D eigenvalue weighted by Crippen LogP contribution is -2.47. The summed E-state index contributed by atoms with van der Waals surface area (Å²) < 4.78 is 12.9. The van der Waals surface area contributed by atoms with Crippen molar-refractivity contribution in [1.82, 2.24) is 9.80 Å². The molecule has 0 unspecified atom stereocenters. The monoisotopic (exact) mass is 312 g/mol. The Labute approximate surface area is 136 Å². The molecule has 1 saturated heterocycles. The molecule has 120 valence electrons. The molecule has 0 spiro atoms. The Balaban J connectivity index is 1.47. The average Bonchev–Trinajstić information content (AvgIpc) is 2.58. The van der Waals surface area contributed by atoms with Gasteiger partial charge in [-0.2, -0.15) is 0 Å². The lowest BCUT2D eigenvalue weighted by Gasteiger charge is -2.34. The van der Waals surface area contributed by atoms with Gasteiger partial charge in [0.05, 0.1) is 6.54 Å². The zero-order valence-electron chi connectivity index (χ0n) is 13.1. The van der Waals surface area contributed by atoms with Crippen LogP contribution >= 0.6 is 0 Å². The Kier molecular flexibility index (Phi) is 5.16. The minimum atomic E-state index is -0.309. The highest BCUT2D eigenvalue weighted by molar-refractivity contribution is 5.97. The third-order valence-electron chi connectivity index (χ3n) is 4.25. The van der Waals surface area contributed by atoms with Crippen LogP contribution in [0.25, 0.3) is 0 Å². The maximum atomic E-state index is 12.9. The fraction of sp³-hybridized carbons (Fsp3) is 0.316. The van der Waals surface area contributed by atoms with Crippen molar-refractivity contribution in [1.29, 1.82) is 0 Å². The van der Waals surface area contributed by atoms with E-state index in [-0.39, 0.29) is 11.6 Å². The molecule has 1 aliphatic heterocycles. The summed E-state index contributed by atoms with van der Waals surface area (Å²) in [5.41, 5.74) is 1.90. The first-order valence-electron chi connectivity index (χ1n) is 7.98. The molecule has 1 fully saturated rings. The predicted octanol–water partition coefficient (Wildman–Crippen LogP) is 2.83. The van der Waals surface area contributed by atoms with Crippen LogP contribution in [0.3, 0.4) is 0 Å². The molecule has 0 N–H and O–H groups in total. The number of rotatable bonds is 5. The van der Waals surface area contributed by atoms with E-state index in [0.717, 1.165) is 32.7 Å². The van der Waals surface area contributed by atoms with Crippen molar-refractivity contribution < 1.29 is 9.18 Å². The molecule has 0 bridgehead atoms. The summed E-state index contributed by atoms with van der Waals surface area (Å²) in [5, 5.41) is 0. The molecule has 0 aromatic heterocycles. The second kappa shape index (κ2) is 7.49. The molecule has 2 aromatic rings. The number of piperazine rings is 1. The SMILES string of the molecule is O=C(CN1CCN(Cc2ccccc2)CC1)c1ccc(F)cc1. The van der Waals surface area contributed by atoms with E-state index in [2.05, 4.69) is 34.1 Å². The Morgan fingerprint density at radius 2 is 1.48 bits per heavy atom. The standard InChI is InChI=1S/C19H21FN2O/c20-18-8-6-17(7-9-18)19(23)15-22-12-10-21(11-13-22)14-16-4-2-1-3-5-16/h1-9H,10-15H2. The van der Waals surface area contributed by atoms with Gasteiger partial charge >= 0.3 is 0 Å². The van der Waals surface area contributed by atoms with Crippen LogP contribution in [0, 0.1) is 5.82 Å². The van der Waals surface area contributed by atoms with Gasteiger partial charge < -0.3 is 0 Å². The van der Waals surface area contributed by atoms with E-state index in [1.165, 1.54) is 17.7 Å². The molecule has 2 aromatic carbocycles. The highest BCUT2D eigenvalue weighted by atomic mass is 19.1. The van der Waals surface area contributed by atoms with Crippen LogP contribution in [0.5, 0.6) is 0 Å². The minimum Gasteiger partial charge on any atom is -0.297 e. The van der Waals surface area contributed by atoms with Crippen LogP contribution in [0.1, 0.15) is 15.9 Å². The molecule has 23 heavy (non-hydrogen) atoms. The number of ketones is 1. The van der Waals surface area contributed by atoms with Crippen molar-refractivity contribution in [3.8, 4) is 0 Å².